The van der Waals surface area contributed by atoms with Crippen LogP contribution in [0, 0.1) is 12.8 Å². The predicted octanol–water partition coefficient (Wildman–Crippen LogP) is 4.74. The number of amides is 1. The number of hydrogen-bond acceptors (Lipinski definition) is 5. The van der Waals surface area contributed by atoms with Crippen LogP contribution >= 0.6 is 11.3 Å². The summed E-state index contributed by atoms with van der Waals surface area (Å²) in [5.74, 6) is 0.128. The number of aromatic nitrogens is 3. The van der Waals surface area contributed by atoms with Crippen LogP contribution in [-0.2, 0) is 4.79 Å². The number of ketones is 1. The van der Waals surface area contributed by atoms with Gasteiger partial charge in [-0.25, -0.2) is 9.50 Å². The third-order valence-corrected chi connectivity index (χ3v) is 6.36. The first-order valence-electron chi connectivity index (χ1n) is 9.95. The zero-order chi connectivity index (χ0) is 20.7. The molecule has 1 N–H and O–H groups in total. The highest BCUT2D eigenvalue weighted by Gasteiger charge is 2.25. The second-order valence-corrected chi connectivity index (χ2v) is 8.53. The number of fused-ring (bicyclic) bond motifs is 1. The van der Waals surface area contributed by atoms with E-state index in [1.165, 1.54) is 11.3 Å². The lowest BCUT2D eigenvalue weighted by atomic mass is 9.85. The van der Waals surface area contributed by atoms with Gasteiger partial charge in [0.05, 0.1) is 22.3 Å². The van der Waals surface area contributed by atoms with E-state index in [1.54, 1.807) is 10.7 Å². The summed E-state index contributed by atoms with van der Waals surface area (Å²) in [6.07, 6.45) is 4.63. The Morgan fingerprint density at radius 1 is 1.17 bits per heavy atom. The first-order valence-corrected chi connectivity index (χ1v) is 10.8. The van der Waals surface area contributed by atoms with E-state index in [0.717, 1.165) is 41.9 Å². The molecule has 1 saturated carbocycles. The van der Waals surface area contributed by atoms with Gasteiger partial charge in [0.15, 0.2) is 5.65 Å². The number of carbonyl (C=O) groups excluding carboxylic acids is 2. The van der Waals surface area contributed by atoms with E-state index in [0.29, 0.717) is 16.1 Å². The van der Waals surface area contributed by atoms with Crippen molar-refractivity contribution in [2.24, 2.45) is 5.92 Å². The fourth-order valence-electron chi connectivity index (χ4n) is 3.66. The molecule has 1 fully saturated rings. The summed E-state index contributed by atoms with van der Waals surface area (Å²) in [5, 5.41) is 9.36. The maximum Gasteiger partial charge on any atom is 0.227 e. The second-order valence-electron chi connectivity index (χ2n) is 7.58. The average Bonchev–Trinajstić information content (AvgIpc) is 3.35. The van der Waals surface area contributed by atoms with Crippen molar-refractivity contribution in [2.45, 2.75) is 26.2 Å². The fourth-order valence-corrected chi connectivity index (χ4v) is 4.34. The van der Waals surface area contributed by atoms with Crippen LogP contribution in [0.5, 0.6) is 0 Å². The molecule has 1 aromatic carbocycles. The lowest BCUT2D eigenvalue weighted by Crippen LogP contribution is -2.28. The van der Waals surface area contributed by atoms with Crippen LogP contribution in [0.2, 0.25) is 0 Å². The molecule has 3 aromatic heterocycles. The van der Waals surface area contributed by atoms with Gasteiger partial charge < -0.3 is 5.32 Å². The number of rotatable bonds is 5. The van der Waals surface area contributed by atoms with Crippen molar-refractivity contribution in [1.29, 1.82) is 0 Å². The van der Waals surface area contributed by atoms with Gasteiger partial charge in [0, 0.05) is 22.9 Å². The molecule has 5 rings (SSSR count). The first-order chi connectivity index (χ1) is 14.6. The number of hydrogen-bond donors (Lipinski definition) is 1. The molecule has 0 radical (unpaired) electrons. The number of nitrogens with zero attached hydrogens (tertiary/aromatic N) is 3. The molecule has 1 aliphatic rings. The van der Waals surface area contributed by atoms with Crippen LogP contribution in [0.25, 0.3) is 16.9 Å². The maximum absolute atomic E-state index is 12.9. The quantitative estimate of drug-likeness (QED) is 0.477. The molecular weight excluding hydrogens is 396 g/mol. The van der Waals surface area contributed by atoms with E-state index < -0.39 is 0 Å². The van der Waals surface area contributed by atoms with Crippen molar-refractivity contribution >= 4 is 34.4 Å². The molecule has 0 aliphatic heterocycles. The van der Waals surface area contributed by atoms with Crippen molar-refractivity contribution < 1.29 is 9.59 Å². The molecule has 6 nitrogen and oxygen atoms in total. The smallest absolute Gasteiger partial charge is 0.227 e. The summed E-state index contributed by atoms with van der Waals surface area (Å²) in [5.41, 5.74) is 4.29. The molecule has 0 unspecified atom stereocenters. The monoisotopic (exact) mass is 416 g/mol. The topological polar surface area (TPSA) is 76.4 Å². The molecule has 0 spiro atoms. The minimum atomic E-state index is -0.0782. The van der Waals surface area contributed by atoms with E-state index in [9.17, 15) is 9.59 Å². The molecule has 150 valence electrons. The number of thiophene rings is 1. The molecule has 30 heavy (non-hydrogen) atoms. The van der Waals surface area contributed by atoms with Crippen molar-refractivity contribution in [3.05, 3.63) is 70.2 Å². The molecule has 0 bridgehead atoms. The van der Waals surface area contributed by atoms with Gasteiger partial charge in [0.2, 0.25) is 11.7 Å². The van der Waals surface area contributed by atoms with Crippen LogP contribution < -0.4 is 5.32 Å². The van der Waals surface area contributed by atoms with Crippen molar-refractivity contribution in [1.82, 2.24) is 14.6 Å². The number of benzene rings is 1. The van der Waals surface area contributed by atoms with Gasteiger partial charge in [-0.05, 0) is 49.4 Å². The third kappa shape index (κ3) is 3.31. The highest BCUT2D eigenvalue weighted by molar-refractivity contribution is 7.12. The largest absolute Gasteiger partial charge is 0.326 e. The summed E-state index contributed by atoms with van der Waals surface area (Å²) in [6, 6.07) is 13.3. The highest BCUT2D eigenvalue weighted by Crippen LogP contribution is 2.29. The van der Waals surface area contributed by atoms with Crippen molar-refractivity contribution in [2.75, 3.05) is 5.32 Å². The van der Waals surface area contributed by atoms with Crippen LogP contribution in [-0.4, -0.2) is 26.3 Å². The number of aryl methyl sites for hydroxylation is 1. The number of nitrogens with one attached hydrogen (secondary N) is 1. The van der Waals surface area contributed by atoms with E-state index in [2.05, 4.69) is 15.4 Å². The minimum absolute atomic E-state index is 0.0782. The van der Waals surface area contributed by atoms with E-state index >= 15 is 0 Å². The normalized spacial score (nSPS) is 13.9. The van der Waals surface area contributed by atoms with E-state index in [-0.39, 0.29) is 17.6 Å². The van der Waals surface area contributed by atoms with Gasteiger partial charge in [0.1, 0.15) is 0 Å². The Morgan fingerprint density at radius 3 is 2.77 bits per heavy atom. The molecule has 1 aliphatic carbocycles. The van der Waals surface area contributed by atoms with Gasteiger partial charge in [-0.1, -0.05) is 24.6 Å². The second kappa shape index (κ2) is 7.50. The van der Waals surface area contributed by atoms with Crippen molar-refractivity contribution in [3.63, 3.8) is 0 Å². The average molecular weight is 417 g/mol. The Morgan fingerprint density at radius 2 is 2.03 bits per heavy atom. The summed E-state index contributed by atoms with van der Waals surface area (Å²) in [7, 11) is 0. The lowest BCUT2D eigenvalue weighted by Gasteiger charge is -2.24. The van der Waals surface area contributed by atoms with Crippen LogP contribution in [0.3, 0.4) is 0 Å². The molecule has 0 saturated heterocycles. The Bertz CT molecular complexity index is 1260. The molecule has 7 heteroatoms. The summed E-state index contributed by atoms with van der Waals surface area (Å²) in [4.78, 5) is 30.5. The molecular formula is C23H20N4O2S. The Kier molecular flexibility index (Phi) is 4.67. The Hall–Kier alpha value is -3.32. The van der Waals surface area contributed by atoms with Gasteiger partial charge in [-0.15, -0.1) is 11.3 Å². The zero-order valence-electron chi connectivity index (χ0n) is 16.5. The maximum atomic E-state index is 12.9. The Labute approximate surface area is 177 Å². The van der Waals surface area contributed by atoms with Gasteiger partial charge in [0.25, 0.3) is 0 Å². The fraction of sp³-hybridized carbons (Fsp3) is 0.217. The number of anilines is 1. The highest BCUT2D eigenvalue weighted by atomic mass is 32.1. The summed E-state index contributed by atoms with van der Waals surface area (Å²) < 4.78 is 1.70. The van der Waals surface area contributed by atoms with Gasteiger partial charge in [-0.3, -0.25) is 9.59 Å². The van der Waals surface area contributed by atoms with Crippen LogP contribution in [0.1, 0.15) is 40.2 Å². The SMILES string of the molecule is Cc1cc(-c2cccc(NC(=O)C3CCC3)c2)n2ncc(C(=O)c3cccs3)c2n1. The third-order valence-electron chi connectivity index (χ3n) is 5.49. The predicted molar refractivity (Wildman–Crippen MR) is 117 cm³/mol. The molecule has 1 amide bonds. The van der Waals surface area contributed by atoms with E-state index in [1.807, 2.05) is 54.8 Å². The molecule has 0 atom stereocenters. The van der Waals surface area contributed by atoms with Crippen molar-refractivity contribution in [3.8, 4) is 11.3 Å². The number of carbonyl (C=O) groups is 2. The van der Waals surface area contributed by atoms with E-state index in [4.69, 9.17) is 0 Å². The lowest BCUT2D eigenvalue weighted by molar-refractivity contribution is -0.122. The minimum Gasteiger partial charge on any atom is -0.326 e. The van der Waals surface area contributed by atoms with Gasteiger partial charge in [-0.2, -0.15) is 5.10 Å². The Balaban J connectivity index is 1.54. The standard InChI is InChI=1S/C23H20N4O2S/c1-14-11-19(16-7-3-8-17(12-16)26-23(29)15-5-2-6-15)27-22(25-14)18(13-24-27)21(28)20-9-4-10-30-20/h3-4,7-13,15H,2,5-6H2,1H3,(H,26,29). The van der Waals surface area contributed by atoms with Crippen LogP contribution in [0.15, 0.2) is 54.0 Å². The summed E-state index contributed by atoms with van der Waals surface area (Å²) in [6.45, 7) is 1.90. The molecule has 4 aromatic rings. The summed E-state index contributed by atoms with van der Waals surface area (Å²) >= 11 is 1.40. The molecule has 3 heterocycles. The van der Waals surface area contributed by atoms with Crippen LogP contribution in [0.4, 0.5) is 5.69 Å². The zero-order valence-corrected chi connectivity index (χ0v) is 17.3. The van der Waals surface area contributed by atoms with Gasteiger partial charge >= 0.3 is 0 Å². The first kappa shape index (κ1) is 18.7.